The highest BCUT2D eigenvalue weighted by Gasteiger charge is 2.36. The first-order valence-electron chi connectivity index (χ1n) is 10.0. The zero-order valence-corrected chi connectivity index (χ0v) is 18.4. The first kappa shape index (κ1) is 23.1. The van der Waals surface area contributed by atoms with Gasteiger partial charge in [-0.1, -0.05) is 19.1 Å². The van der Waals surface area contributed by atoms with Gasteiger partial charge < -0.3 is 4.74 Å². The molecule has 0 spiro atoms. The highest BCUT2D eigenvalue weighted by Crippen LogP contribution is 2.47. The van der Waals surface area contributed by atoms with Crippen molar-refractivity contribution >= 4 is 39.7 Å². The molecule has 1 radical (unpaired) electrons. The third kappa shape index (κ3) is 3.93. The van der Waals surface area contributed by atoms with Gasteiger partial charge in [-0.15, -0.1) is 0 Å². The van der Waals surface area contributed by atoms with Crippen molar-refractivity contribution in [1.82, 2.24) is 5.01 Å². The molecule has 12 heteroatoms. The molecule has 2 aliphatic rings. The molecule has 0 saturated heterocycles. The summed E-state index contributed by atoms with van der Waals surface area (Å²) >= 11 is 0. The molecule has 1 aliphatic carbocycles. The van der Waals surface area contributed by atoms with Gasteiger partial charge in [-0.3, -0.25) is 18.9 Å². The molecule has 4 rings (SSSR count). The molecule has 11 nitrogen and oxygen atoms in total. The molecule has 1 atom stereocenters. The molecule has 2 aromatic rings. The second-order valence-electron chi connectivity index (χ2n) is 7.49. The zero-order chi connectivity index (χ0) is 24.8. The van der Waals surface area contributed by atoms with Crippen molar-refractivity contribution in [2.45, 2.75) is 24.2 Å². The predicted octanol–water partition coefficient (Wildman–Crippen LogP) is 2.20. The number of nitrogens with zero attached hydrogens (tertiary/aromatic N) is 2. The minimum absolute atomic E-state index is 0.0245. The summed E-state index contributed by atoms with van der Waals surface area (Å²) in [7, 11) is -4.54. The van der Waals surface area contributed by atoms with Gasteiger partial charge in [0.05, 0.1) is 10.6 Å². The number of carbonyl (C=O) groups is 4. The van der Waals surface area contributed by atoms with Crippen molar-refractivity contribution in [3.63, 3.8) is 0 Å². The van der Waals surface area contributed by atoms with Gasteiger partial charge in [0.25, 0.3) is 21.9 Å². The van der Waals surface area contributed by atoms with E-state index in [0.29, 0.717) is 27.3 Å². The molecule has 2 aromatic carbocycles. The smallest absolute Gasteiger partial charge is 0.431 e. The van der Waals surface area contributed by atoms with E-state index >= 15 is 0 Å². The van der Waals surface area contributed by atoms with Gasteiger partial charge in [0, 0.05) is 24.5 Å². The monoisotopic (exact) mass is 485 g/mol. The van der Waals surface area contributed by atoms with E-state index in [0.717, 1.165) is 17.2 Å². The van der Waals surface area contributed by atoms with Crippen LogP contribution >= 0.6 is 0 Å². The Morgan fingerprint density at radius 1 is 1.03 bits per heavy atom. The van der Waals surface area contributed by atoms with E-state index in [4.69, 9.17) is 0 Å². The van der Waals surface area contributed by atoms with Crippen molar-refractivity contribution in [3.8, 4) is 11.1 Å². The Balaban J connectivity index is 1.85. The average Bonchev–Trinajstić information content (AvgIpc) is 3.28. The van der Waals surface area contributed by atoms with Gasteiger partial charge in [0.15, 0.2) is 0 Å². The van der Waals surface area contributed by atoms with Gasteiger partial charge in [0.1, 0.15) is 6.61 Å². The maximum atomic E-state index is 12.7. The van der Waals surface area contributed by atoms with E-state index in [9.17, 15) is 37.3 Å². The number of hydrogen-bond acceptors (Lipinski definition) is 7. The fraction of sp³-hybridized carbons (Fsp3) is 0.182. The third-order valence-corrected chi connectivity index (χ3v) is 6.38. The fourth-order valence-corrected chi connectivity index (χ4v) is 4.57. The van der Waals surface area contributed by atoms with E-state index in [1.807, 2.05) is 0 Å². The summed E-state index contributed by atoms with van der Waals surface area (Å²) in [5, 5.41) is 12.6. The number of rotatable bonds is 6. The van der Waals surface area contributed by atoms with Crippen LogP contribution in [0.15, 0.2) is 53.4 Å². The second kappa shape index (κ2) is 8.39. The lowest BCUT2D eigenvalue weighted by atomic mass is 9.97. The number of ether oxygens (including phenoxy) is 1. The fourth-order valence-electron chi connectivity index (χ4n) is 4.06. The number of fused-ring (bicyclic) bond motifs is 3. The molecule has 1 heterocycles. The zero-order valence-electron chi connectivity index (χ0n) is 17.6. The van der Waals surface area contributed by atoms with E-state index in [1.54, 1.807) is 13.0 Å². The van der Waals surface area contributed by atoms with Gasteiger partial charge in [-0.05, 0) is 46.5 Å². The van der Waals surface area contributed by atoms with Crippen LogP contribution in [0.5, 0.6) is 0 Å². The maximum Gasteiger partial charge on any atom is 0.550 e. The van der Waals surface area contributed by atoms with E-state index < -0.39 is 46.5 Å². The average molecular weight is 485 g/mol. The van der Waals surface area contributed by atoms with Crippen LogP contribution in [0.25, 0.3) is 11.1 Å². The largest absolute Gasteiger partial charge is 0.550 e. The molecule has 34 heavy (non-hydrogen) atoms. The Kier molecular flexibility index (Phi) is 5.71. The normalized spacial score (nSPS) is 16.4. The van der Waals surface area contributed by atoms with Crippen molar-refractivity contribution in [2.75, 3.05) is 11.6 Å². The van der Waals surface area contributed by atoms with Gasteiger partial charge in [0.2, 0.25) is 5.91 Å². The predicted molar refractivity (Wildman–Crippen MR) is 114 cm³/mol. The van der Waals surface area contributed by atoms with Crippen LogP contribution in [-0.2, 0) is 34.3 Å². The van der Waals surface area contributed by atoms with Crippen molar-refractivity contribution in [1.29, 1.82) is 0 Å². The topological polar surface area (TPSA) is 158 Å². The van der Waals surface area contributed by atoms with Gasteiger partial charge in [-0.25, -0.2) is 5.01 Å². The first-order valence-corrected chi connectivity index (χ1v) is 11.5. The quantitative estimate of drug-likeness (QED) is 0.370. The summed E-state index contributed by atoms with van der Waals surface area (Å²) in [5.41, 5.74) is 2.14. The van der Waals surface area contributed by atoms with Crippen LogP contribution in [0.3, 0.4) is 0 Å². The van der Waals surface area contributed by atoms with E-state index in [2.05, 4.69) is 4.74 Å². The summed E-state index contributed by atoms with van der Waals surface area (Å²) in [6.07, 6.45) is 0.256. The molecule has 0 aromatic heterocycles. The van der Waals surface area contributed by atoms with Gasteiger partial charge >= 0.3 is 6.16 Å². The van der Waals surface area contributed by atoms with Crippen LogP contribution in [0.1, 0.15) is 30.4 Å². The summed E-state index contributed by atoms with van der Waals surface area (Å²) in [6.45, 7) is 1.12. The molecule has 0 saturated carbocycles. The van der Waals surface area contributed by atoms with Gasteiger partial charge in [-0.2, -0.15) is 23.3 Å². The van der Waals surface area contributed by atoms with Crippen LogP contribution in [-0.4, -0.2) is 48.5 Å². The summed E-state index contributed by atoms with van der Waals surface area (Å²) in [4.78, 5) is 47.8. The minimum Gasteiger partial charge on any atom is -0.431 e. The lowest BCUT2D eigenvalue weighted by Crippen LogP contribution is -2.50. The number of imide groups is 1. The highest BCUT2D eigenvalue weighted by molar-refractivity contribution is 7.85. The maximum absolute atomic E-state index is 12.7. The minimum atomic E-state index is -4.54. The Morgan fingerprint density at radius 2 is 1.62 bits per heavy atom. The number of amides is 3. The van der Waals surface area contributed by atoms with Crippen LogP contribution in [0.4, 0.5) is 10.5 Å². The number of anilines is 1. The molecular weight excluding hydrogens is 468 g/mol. The molecule has 175 valence electrons. The van der Waals surface area contributed by atoms with Crippen molar-refractivity contribution in [2.24, 2.45) is 0 Å². The summed E-state index contributed by atoms with van der Waals surface area (Å²) < 4.78 is 37.4. The Hall–Kier alpha value is -4.03. The molecule has 1 unspecified atom stereocenters. The molecule has 0 bridgehead atoms. The van der Waals surface area contributed by atoms with Crippen molar-refractivity contribution < 1.29 is 42.0 Å². The highest BCUT2D eigenvalue weighted by atomic mass is 32.2. The number of hydrazine groups is 1. The van der Waals surface area contributed by atoms with Crippen LogP contribution < -0.4 is 5.01 Å². The Labute approximate surface area is 193 Å². The molecular formula is C22H17N2O9S. The van der Waals surface area contributed by atoms with Crippen LogP contribution in [0, 0.1) is 0 Å². The molecule has 1 aliphatic heterocycles. The Morgan fingerprint density at radius 3 is 2.18 bits per heavy atom. The Bertz CT molecular complexity index is 1360. The second-order valence-corrected chi connectivity index (χ2v) is 8.91. The lowest BCUT2D eigenvalue weighted by molar-refractivity contribution is -0.142. The molecule has 0 fully saturated rings. The number of carbonyl (C=O) groups excluding carboxylic acids is 4. The summed E-state index contributed by atoms with van der Waals surface area (Å²) in [6, 6.07) is 8.48. The SMILES string of the molecule is CCC(=O)N(c1ccc2c(c1)C(COC([O])=O)c1cc(S(=O)(=O)O)ccc1-2)N1C(=O)C=CC1=O. The van der Waals surface area contributed by atoms with Crippen molar-refractivity contribution in [3.05, 3.63) is 59.7 Å². The first-order chi connectivity index (χ1) is 16.0. The van der Waals surface area contributed by atoms with E-state index in [1.165, 1.54) is 30.3 Å². The third-order valence-electron chi connectivity index (χ3n) is 5.53. The number of hydrogen-bond donors (Lipinski definition) is 1. The van der Waals surface area contributed by atoms with E-state index in [-0.39, 0.29) is 17.0 Å². The lowest BCUT2D eigenvalue weighted by Gasteiger charge is -2.30. The van der Waals surface area contributed by atoms with Crippen LogP contribution in [0.2, 0.25) is 0 Å². The standard InChI is InChI=1S/C22H17N2O9S/c1-2-19(25)23(24-20(26)7-8-21(24)27)12-3-5-14-15-6-4-13(34(30,31)32)10-17(15)18(16(14)9-12)11-33-22(28)29/h3-10,18H,2,11H2,1H3,(H,30,31,32). The summed E-state index contributed by atoms with van der Waals surface area (Å²) in [5.74, 6) is -2.77. The molecule has 3 amide bonds. The number of benzene rings is 2. The molecule has 1 N–H and O–H groups in total.